The number of allylic oxidation sites excluding steroid dienone is 1. The molecule has 1 fully saturated rings. The molecule has 1 aliphatic heterocycles. The fourth-order valence-electron chi connectivity index (χ4n) is 3.37. The van der Waals surface area contributed by atoms with E-state index in [9.17, 15) is 9.59 Å². The molecule has 0 saturated heterocycles. The molecular formula is C17H19NO4. The maximum atomic E-state index is 12.5. The Balaban J connectivity index is 2.12. The van der Waals surface area contributed by atoms with Gasteiger partial charge in [0.2, 0.25) is 0 Å². The van der Waals surface area contributed by atoms with Gasteiger partial charge in [-0.15, -0.1) is 0 Å². The van der Waals surface area contributed by atoms with Crippen molar-refractivity contribution in [1.29, 1.82) is 0 Å². The van der Waals surface area contributed by atoms with Gasteiger partial charge in [-0.05, 0) is 38.8 Å². The highest BCUT2D eigenvalue weighted by atomic mass is 16.5. The predicted molar refractivity (Wildman–Crippen MR) is 80.6 cm³/mol. The van der Waals surface area contributed by atoms with Crippen LogP contribution in [0.2, 0.25) is 0 Å². The smallest absolute Gasteiger partial charge is 0.336 e. The molecule has 0 spiro atoms. The van der Waals surface area contributed by atoms with Gasteiger partial charge in [0.15, 0.2) is 0 Å². The van der Waals surface area contributed by atoms with Crippen LogP contribution in [-0.2, 0) is 14.3 Å². The molecule has 0 aromatic carbocycles. The van der Waals surface area contributed by atoms with Gasteiger partial charge in [0.25, 0.3) is 0 Å². The normalized spacial score (nSPS) is 24.8. The number of hydrogen-bond donors (Lipinski definition) is 0. The van der Waals surface area contributed by atoms with Crippen LogP contribution >= 0.6 is 0 Å². The quantitative estimate of drug-likeness (QED) is 0.805. The van der Waals surface area contributed by atoms with Crippen molar-refractivity contribution in [2.24, 2.45) is 10.9 Å². The zero-order valence-electron chi connectivity index (χ0n) is 12.8. The maximum Gasteiger partial charge on any atom is 0.336 e. The zero-order chi connectivity index (χ0) is 15.7. The minimum absolute atomic E-state index is 0.126. The van der Waals surface area contributed by atoms with Crippen LogP contribution in [0.4, 0.5) is 0 Å². The van der Waals surface area contributed by atoms with Gasteiger partial charge < -0.3 is 9.15 Å². The van der Waals surface area contributed by atoms with Crippen LogP contribution in [0.15, 0.2) is 39.1 Å². The molecule has 1 saturated carbocycles. The second-order valence-electron chi connectivity index (χ2n) is 5.61. The topological polar surface area (TPSA) is 68.9 Å². The van der Waals surface area contributed by atoms with E-state index in [2.05, 4.69) is 4.99 Å². The van der Waals surface area contributed by atoms with Crippen LogP contribution in [0, 0.1) is 5.92 Å². The third kappa shape index (κ3) is 2.40. The number of nitrogens with zero attached hydrogens (tertiary/aromatic N) is 1. The summed E-state index contributed by atoms with van der Waals surface area (Å²) >= 11 is 0. The van der Waals surface area contributed by atoms with E-state index in [4.69, 9.17) is 9.15 Å². The van der Waals surface area contributed by atoms with Crippen LogP contribution in [-0.4, -0.2) is 24.1 Å². The number of carbonyl (C=O) groups is 2. The van der Waals surface area contributed by atoms with Crippen molar-refractivity contribution in [2.75, 3.05) is 6.61 Å². The molecule has 2 atom stereocenters. The first-order chi connectivity index (χ1) is 10.6. The molecule has 1 aromatic rings. The van der Waals surface area contributed by atoms with E-state index in [-0.39, 0.29) is 12.4 Å². The second kappa shape index (κ2) is 5.91. The molecule has 3 rings (SSSR count). The number of fused-ring (bicyclic) bond motifs is 1. The molecule has 0 radical (unpaired) electrons. The summed E-state index contributed by atoms with van der Waals surface area (Å²) in [6, 6.07) is 3.58. The lowest BCUT2D eigenvalue weighted by Gasteiger charge is -2.34. The molecule has 2 unspecified atom stereocenters. The van der Waals surface area contributed by atoms with Crippen LogP contribution in [0.1, 0.15) is 44.8 Å². The SMILES string of the molecule is CCOC(=O)C1=C(C)N=C2CCCC(=O)C2C1c1ccco1. The largest absolute Gasteiger partial charge is 0.469 e. The average Bonchev–Trinajstić information content (AvgIpc) is 3.00. The van der Waals surface area contributed by atoms with Crippen LogP contribution in [0.5, 0.6) is 0 Å². The number of carbonyl (C=O) groups excluding carboxylic acids is 2. The molecule has 2 heterocycles. The van der Waals surface area contributed by atoms with Crippen LogP contribution in [0.25, 0.3) is 0 Å². The molecule has 0 bridgehead atoms. The molecule has 22 heavy (non-hydrogen) atoms. The highest BCUT2D eigenvalue weighted by Crippen LogP contribution is 2.43. The van der Waals surface area contributed by atoms with Crippen molar-refractivity contribution in [1.82, 2.24) is 0 Å². The summed E-state index contributed by atoms with van der Waals surface area (Å²) in [4.78, 5) is 29.4. The minimum atomic E-state index is -0.422. The molecule has 2 aliphatic rings. The molecule has 0 N–H and O–H groups in total. The van der Waals surface area contributed by atoms with E-state index in [1.54, 1.807) is 26.2 Å². The number of rotatable bonds is 3. The minimum Gasteiger partial charge on any atom is -0.469 e. The average molecular weight is 301 g/mol. The van der Waals surface area contributed by atoms with Crippen molar-refractivity contribution in [3.8, 4) is 0 Å². The van der Waals surface area contributed by atoms with E-state index in [0.717, 1.165) is 18.6 Å². The molecule has 1 aromatic heterocycles. The van der Waals surface area contributed by atoms with Gasteiger partial charge in [0.1, 0.15) is 11.5 Å². The number of ketones is 1. The van der Waals surface area contributed by atoms with E-state index < -0.39 is 17.8 Å². The summed E-state index contributed by atoms with van der Waals surface area (Å²) < 4.78 is 10.7. The van der Waals surface area contributed by atoms with Gasteiger partial charge in [-0.2, -0.15) is 0 Å². The standard InChI is InChI=1S/C17H19NO4/c1-3-21-17(20)14-10(2)18-11-6-4-7-12(19)15(11)16(14)13-8-5-9-22-13/h5,8-9,15-16H,3-4,6-7H2,1-2H3. The Bertz CT molecular complexity index is 654. The summed E-state index contributed by atoms with van der Waals surface area (Å²) in [6.45, 7) is 3.85. The number of hydrogen-bond acceptors (Lipinski definition) is 5. The second-order valence-corrected chi connectivity index (χ2v) is 5.61. The van der Waals surface area contributed by atoms with Gasteiger partial charge >= 0.3 is 5.97 Å². The van der Waals surface area contributed by atoms with E-state index in [0.29, 0.717) is 23.5 Å². The van der Waals surface area contributed by atoms with Crippen LogP contribution in [0.3, 0.4) is 0 Å². The third-order valence-electron chi connectivity index (χ3n) is 4.25. The fourth-order valence-corrected chi connectivity index (χ4v) is 3.37. The Morgan fingerprint density at radius 2 is 2.23 bits per heavy atom. The Hall–Kier alpha value is -2.17. The number of furan rings is 1. The Morgan fingerprint density at radius 3 is 2.91 bits per heavy atom. The van der Waals surface area contributed by atoms with E-state index >= 15 is 0 Å². The van der Waals surface area contributed by atoms with Crippen LogP contribution < -0.4 is 0 Å². The summed E-state index contributed by atoms with van der Waals surface area (Å²) in [5.41, 5.74) is 1.93. The fraction of sp³-hybridized carbons (Fsp3) is 0.471. The summed E-state index contributed by atoms with van der Waals surface area (Å²) in [5, 5.41) is 0. The highest BCUT2D eigenvalue weighted by molar-refractivity contribution is 6.11. The van der Waals surface area contributed by atoms with E-state index in [1.807, 2.05) is 6.07 Å². The first kappa shape index (κ1) is 14.8. The first-order valence-electron chi connectivity index (χ1n) is 7.65. The zero-order valence-corrected chi connectivity index (χ0v) is 12.8. The van der Waals surface area contributed by atoms with Crippen molar-refractivity contribution in [3.05, 3.63) is 35.4 Å². The lowest BCUT2D eigenvalue weighted by atomic mass is 9.71. The van der Waals surface area contributed by atoms with Gasteiger partial charge in [-0.3, -0.25) is 9.79 Å². The van der Waals surface area contributed by atoms with Crippen molar-refractivity contribution in [2.45, 2.75) is 39.0 Å². The van der Waals surface area contributed by atoms with Gasteiger partial charge in [0.05, 0.1) is 30.3 Å². The number of ether oxygens (including phenoxy) is 1. The first-order valence-corrected chi connectivity index (χ1v) is 7.65. The van der Waals surface area contributed by atoms with Gasteiger partial charge in [0, 0.05) is 17.8 Å². The van der Waals surface area contributed by atoms with Gasteiger partial charge in [-0.25, -0.2) is 4.79 Å². The highest BCUT2D eigenvalue weighted by Gasteiger charge is 2.44. The summed E-state index contributed by atoms with van der Waals surface area (Å²) in [7, 11) is 0. The summed E-state index contributed by atoms with van der Waals surface area (Å²) in [6.07, 6.45) is 3.70. The molecule has 5 heteroatoms. The van der Waals surface area contributed by atoms with Crippen molar-refractivity contribution < 1.29 is 18.7 Å². The van der Waals surface area contributed by atoms with Gasteiger partial charge in [-0.1, -0.05) is 0 Å². The predicted octanol–water partition coefficient (Wildman–Crippen LogP) is 3.02. The molecule has 5 nitrogen and oxygen atoms in total. The molecule has 1 aliphatic carbocycles. The number of aliphatic imine (C=N–C) groups is 1. The maximum absolute atomic E-state index is 12.5. The van der Waals surface area contributed by atoms with Crippen molar-refractivity contribution >= 4 is 17.5 Å². The number of Topliss-reactive ketones (excluding diaryl/α,β-unsaturated/α-hetero) is 1. The lowest BCUT2D eigenvalue weighted by Crippen LogP contribution is -2.38. The Labute approximate surface area is 129 Å². The number of esters is 1. The summed E-state index contributed by atoms with van der Waals surface area (Å²) in [5.74, 6) is -0.490. The van der Waals surface area contributed by atoms with E-state index in [1.165, 1.54) is 0 Å². The molecule has 116 valence electrons. The molecule has 0 amide bonds. The monoisotopic (exact) mass is 301 g/mol. The Kier molecular flexibility index (Phi) is 3.96. The molecular weight excluding hydrogens is 282 g/mol. The van der Waals surface area contributed by atoms with Crippen molar-refractivity contribution in [3.63, 3.8) is 0 Å². The third-order valence-corrected chi connectivity index (χ3v) is 4.25. The lowest BCUT2D eigenvalue weighted by molar-refractivity contribution is -0.139. The Morgan fingerprint density at radius 1 is 1.41 bits per heavy atom.